The number of nitrogens with one attached hydrogen (secondary N) is 4. The van der Waals surface area contributed by atoms with Gasteiger partial charge in [0.25, 0.3) is 0 Å². The van der Waals surface area contributed by atoms with Crippen LogP contribution in [0.4, 0.5) is 0 Å². The van der Waals surface area contributed by atoms with Gasteiger partial charge in [0.05, 0.1) is 36.8 Å². The molecule has 5 aliphatic rings. The van der Waals surface area contributed by atoms with Crippen molar-refractivity contribution in [1.29, 1.82) is 2.86 Å². The number of hydrogen-bond acceptors (Lipinski definition) is 14. The van der Waals surface area contributed by atoms with E-state index < -0.39 is 30.0 Å². The van der Waals surface area contributed by atoms with E-state index >= 15 is 0 Å². The lowest BCUT2D eigenvalue weighted by molar-refractivity contribution is -0.0619. The zero-order chi connectivity index (χ0) is 80.6. The van der Waals surface area contributed by atoms with Gasteiger partial charge in [-0.2, -0.15) is 0 Å². The fourth-order valence-electron chi connectivity index (χ4n) is 15.8. The van der Waals surface area contributed by atoms with Gasteiger partial charge in [-0.05, 0) is 222 Å². The molecule has 0 saturated heterocycles. The number of phenolic OH excluding ortho intramolecular Hbond substituents is 2. The maximum Gasteiger partial charge on any atom is 0.210 e. The first-order valence-corrected chi connectivity index (χ1v) is 35.8. The molecule has 11 N–H and O–H groups in total. The Morgan fingerprint density at radius 1 is 0.535 bits per heavy atom. The topological polar surface area (TPSA) is 211 Å². The lowest BCUT2D eigenvalue weighted by Gasteiger charge is -2.42. The molecule has 0 amide bonds. The molecule has 99 heavy (non-hydrogen) atoms. The Bertz CT molecular complexity index is 2830. The molecule has 0 bridgehead atoms. The lowest BCUT2D eigenvalue weighted by atomic mass is 9.63. The summed E-state index contributed by atoms with van der Waals surface area (Å²) in [5, 5.41) is 72.7. The minimum Gasteiger partial charge on any atom is -0.508 e. The van der Waals surface area contributed by atoms with Crippen molar-refractivity contribution >= 4 is 12.4 Å². The molecule has 5 saturated carbocycles. The van der Waals surface area contributed by atoms with Crippen molar-refractivity contribution in [3.63, 3.8) is 0 Å². The van der Waals surface area contributed by atoms with E-state index in [1.165, 1.54) is 98.4 Å². The molecular weight excluding hydrogens is 1260 g/mol. The second-order valence-electron chi connectivity index (χ2n) is 28.4. The first kappa shape index (κ1) is 75.7. The molecular formula is C84H142ClN5O9. The fourth-order valence-corrected chi connectivity index (χ4v) is 15.8. The predicted molar refractivity (Wildman–Crippen MR) is 419 cm³/mol. The molecule has 10 rings (SSSR count). The van der Waals surface area contributed by atoms with Gasteiger partial charge in [-0.3, -0.25) is 0 Å². The molecule has 12 atom stereocenters. The predicted octanol–water partition coefficient (Wildman–Crippen LogP) is 15.2. The van der Waals surface area contributed by atoms with E-state index in [4.69, 9.17) is 13.8 Å². The number of aromatic hydroxyl groups is 2. The van der Waals surface area contributed by atoms with E-state index in [1.807, 2.05) is 45.4 Å². The average molecular weight is 1420 g/mol. The number of ether oxygens (including phenoxy) is 2. The monoisotopic (exact) mass is 1410 g/mol. The Morgan fingerprint density at radius 3 is 1.23 bits per heavy atom. The fraction of sp³-hybridized carbons (Fsp3) is 0.643. The second kappa shape index (κ2) is 49.2. The number of aliphatic hydroxyl groups is 5. The molecule has 5 aliphatic carbocycles. The molecule has 14 nitrogen and oxygen atoms in total. The third-order valence-electron chi connectivity index (χ3n) is 21.0. The normalized spacial score (nSPS) is 28.0. The molecule has 5 aromatic rings. The quantitative estimate of drug-likeness (QED) is 0.0372. The first-order valence-electron chi connectivity index (χ1n) is 42.0. The molecule has 2 unspecified atom stereocenters. The summed E-state index contributed by atoms with van der Waals surface area (Å²) in [6.45, 7) is 13.9. The Kier molecular flexibility index (Phi) is 37.6. The van der Waals surface area contributed by atoms with E-state index in [-0.39, 0.29) is 71.6 Å². The van der Waals surface area contributed by atoms with Crippen LogP contribution >= 0.6 is 12.4 Å². The van der Waals surface area contributed by atoms with Crippen molar-refractivity contribution in [2.24, 2.45) is 29.6 Å². The molecule has 15 heteroatoms. The Hall–Kier alpha value is -4.49. The van der Waals surface area contributed by atoms with E-state index in [0.717, 1.165) is 113 Å². The minimum atomic E-state index is -0.981. The third kappa shape index (κ3) is 29.3. The standard InChI is InChI=1S/C16H25NO.C16H25N.2C15H23NO.C14H21NO2.C3H8O2.2C2H6O.CH4.ClH/c1-13-7-6-9-14(11-13)16(18)10-5-4-8-15(16)12-17(2)3;1-13-7-6-9-14(11-13)16(2)10-5-4-8-15(16)12-17-3;1-12-6-5-8-13(10-12)15(17)9-4-3-7-14(15)11-16-2;1-15(12-7-5-8-14(17)10-12)9-4-3-6-13(15)11-16-2;1-15-10-12-5-2-3-8-14(12,17)11-6-4-7-13(16)9-11;1-5-3-2-4;1-3-2;1-2-3;;/h6-7,9,11,15,18H,4-5,8,10,12H2,1-3H3;6-7,9,11,15,17H,4-5,8,10,12H2,1-3H3;5-6,8,10,14,16-17H,3-4,7,9,11H2,1-2H3;5,7-8,10,13,16-17H,3-4,6,9,11H2,1-2H3;4,6-7,9,12,15-17H,2-3,5,8,10H2,1H3;4H,2-3H2,1H3;1-2H3;3H,2H2,1H3;1H4;1H/t15-,16+;15-,16-;14-,15+;13-,15-;12-,14+;;;;;/m11111...../s1/i;;;;;1T,2D,4D;1D,2T;1T,2D,3D;1TD;. The van der Waals surface area contributed by atoms with Crippen LogP contribution in [0.15, 0.2) is 121 Å². The average Bonchev–Trinajstić information content (AvgIpc) is 0.821. The number of methoxy groups -OCH3 is 2. The number of aryl methyl sites for hydroxylation is 3. The molecule has 564 valence electrons. The molecule has 0 radical (unpaired) electrons. The summed E-state index contributed by atoms with van der Waals surface area (Å²) in [5.41, 5.74) is 8.24. The summed E-state index contributed by atoms with van der Waals surface area (Å²) in [7, 11) is 11.5. The van der Waals surface area contributed by atoms with Gasteiger partial charge in [0, 0.05) is 69.3 Å². The summed E-state index contributed by atoms with van der Waals surface area (Å²) < 4.78 is 71.0. The highest BCUT2D eigenvalue weighted by molar-refractivity contribution is 5.85. The molecule has 5 fully saturated rings. The number of nitrogens with zero attached hydrogens (tertiary/aromatic N) is 1. The SMILES string of the molecule is CNC[C@H]1CCCC[C@]1(C)c1cccc(C)c1.CNC[C@H]1CCCC[C@]1(C)c1cccc(O)c1.CNC[C@H]1CCCC[C@]1(O)c1cccc(C)c1.CNC[C@H]1CCCC[C@]1(O)c1cccc(O)c1.Cc1cccc([C@@]2(O)CCCC[C@@H]2CN(C)C)c1.Cl.[2H]COC[3H].[2H]C[3H].[2H]OC([2H])COC[3H].[2H]OC([2H])C[3H]. The molecule has 0 aliphatic heterocycles. The van der Waals surface area contributed by atoms with Crippen LogP contribution in [-0.4, -0.2) is 160 Å². The number of halogens is 1. The van der Waals surface area contributed by atoms with Crippen LogP contribution in [0.2, 0.25) is 0 Å². The smallest absolute Gasteiger partial charge is 0.210 e. The number of hydrogen-bond donors (Lipinski definition) is 11. The number of phenols is 2. The van der Waals surface area contributed by atoms with Crippen molar-refractivity contribution in [3.8, 4) is 11.5 Å². The van der Waals surface area contributed by atoms with E-state index in [2.05, 4.69) is 174 Å². The molecule has 0 heterocycles. The van der Waals surface area contributed by atoms with Gasteiger partial charge in [-0.15, -0.1) is 12.4 Å². The molecule has 0 aromatic heterocycles. The second-order valence-corrected chi connectivity index (χ2v) is 28.4. The highest BCUT2D eigenvalue weighted by atomic mass is 35.5. The summed E-state index contributed by atoms with van der Waals surface area (Å²) in [5.74, 6) is 2.97. The third-order valence-corrected chi connectivity index (χ3v) is 21.0. The van der Waals surface area contributed by atoms with Gasteiger partial charge in [0.1, 0.15) is 11.5 Å². The van der Waals surface area contributed by atoms with Crippen molar-refractivity contribution in [2.45, 2.75) is 205 Å². The van der Waals surface area contributed by atoms with Gasteiger partial charge in [0.2, 0.25) is 2.86 Å². The van der Waals surface area contributed by atoms with Crippen LogP contribution < -0.4 is 21.3 Å². The van der Waals surface area contributed by atoms with Crippen molar-refractivity contribution < 1.29 is 56.2 Å². The van der Waals surface area contributed by atoms with E-state index in [0.29, 0.717) is 28.9 Å². The van der Waals surface area contributed by atoms with Crippen LogP contribution in [0.1, 0.15) is 212 Å². The summed E-state index contributed by atoms with van der Waals surface area (Å²) >= 11 is 0. The number of rotatable bonds is 19. The largest absolute Gasteiger partial charge is 0.508 e. The molecule has 5 aromatic carbocycles. The zero-order valence-electron chi connectivity index (χ0n) is 72.7. The number of benzene rings is 5. The van der Waals surface area contributed by atoms with Crippen LogP contribution in [-0.2, 0) is 37.1 Å². The van der Waals surface area contributed by atoms with Crippen LogP contribution in [0.5, 0.6) is 11.5 Å². The summed E-state index contributed by atoms with van der Waals surface area (Å²) in [4.78, 5) is 2.19. The van der Waals surface area contributed by atoms with Crippen molar-refractivity contribution in [3.05, 3.63) is 166 Å². The highest BCUT2D eigenvalue weighted by Gasteiger charge is 2.43. The highest BCUT2D eigenvalue weighted by Crippen LogP contribution is 2.47. The number of aliphatic hydroxyl groups excluding tert-OH is 2. The maximum atomic E-state index is 11.1. The lowest BCUT2D eigenvalue weighted by Crippen LogP contribution is -2.43. The Balaban J connectivity index is 0.000000636. The van der Waals surface area contributed by atoms with Crippen LogP contribution in [0.3, 0.4) is 0 Å². The van der Waals surface area contributed by atoms with Gasteiger partial charge in [0.15, 0.2) is 0 Å². The summed E-state index contributed by atoms with van der Waals surface area (Å²) in [6, 6.07) is 40.7. The van der Waals surface area contributed by atoms with Gasteiger partial charge >= 0.3 is 0 Å². The Morgan fingerprint density at radius 2 is 0.889 bits per heavy atom. The van der Waals surface area contributed by atoms with Crippen molar-refractivity contribution in [1.82, 2.24) is 26.2 Å². The molecule has 0 spiro atoms. The van der Waals surface area contributed by atoms with Gasteiger partial charge in [-0.25, -0.2) is 0 Å². The minimum absolute atomic E-state index is 0. The Labute approximate surface area is 623 Å². The van der Waals surface area contributed by atoms with E-state index in [1.54, 1.807) is 24.3 Å². The zero-order valence-corrected chi connectivity index (χ0v) is 63.5. The van der Waals surface area contributed by atoms with E-state index in [9.17, 15) is 25.5 Å². The van der Waals surface area contributed by atoms with Crippen LogP contribution in [0, 0.1) is 50.4 Å². The van der Waals surface area contributed by atoms with Gasteiger partial charge in [-0.1, -0.05) is 199 Å². The first-order chi connectivity index (χ1) is 51.6. The van der Waals surface area contributed by atoms with Crippen molar-refractivity contribution in [2.75, 3.05) is 116 Å². The van der Waals surface area contributed by atoms with Crippen LogP contribution in [0.25, 0.3) is 0 Å². The van der Waals surface area contributed by atoms with Gasteiger partial charge < -0.3 is 71.4 Å². The summed E-state index contributed by atoms with van der Waals surface area (Å²) in [6.07, 6.45) is 23.4. The maximum absolute atomic E-state index is 11.1.